The summed E-state index contributed by atoms with van der Waals surface area (Å²) in [6.07, 6.45) is 9.51. The zero-order valence-electron chi connectivity index (χ0n) is 23.7. The summed E-state index contributed by atoms with van der Waals surface area (Å²) in [6.45, 7) is 3.70. The first-order valence-electron chi connectivity index (χ1n) is 14.0. The average molecular weight is 588 g/mol. The molecule has 214 valence electrons. The van der Waals surface area contributed by atoms with Gasteiger partial charge in [0.15, 0.2) is 0 Å². The van der Waals surface area contributed by atoms with Gasteiger partial charge < -0.3 is 10.2 Å². The molecule has 5 rings (SSSR count). The van der Waals surface area contributed by atoms with E-state index in [0.717, 1.165) is 65.6 Å². The molecule has 1 aliphatic carbocycles. The Morgan fingerprint density at radius 2 is 1.76 bits per heavy atom. The highest BCUT2D eigenvalue weighted by atomic mass is 35.5. The molecule has 0 saturated heterocycles. The van der Waals surface area contributed by atoms with E-state index in [9.17, 15) is 9.90 Å². The van der Waals surface area contributed by atoms with Crippen molar-refractivity contribution < 1.29 is 15.0 Å². The summed E-state index contributed by atoms with van der Waals surface area (Å²) in [5.74, 6) is 0.0285. The van der Waals surface area contributed by atoms with Crippen LogP contribution in [0.3, 0.4) is 0 Å². The predicted octanol–water partition coefficient (Wildman–Crippen LogP) is 8.63. The van der Waals surface area contributed by atoms with E-state index >= 15 is 0 Å². The van der Waals surface area contributed by atoms with Crippen LogP contribution < -0.4 is 0 Å². The second-order valence-electron chi connectivity index (χ2n) is 11.4. The number of fused-ring (bicyclic) bond motifs is 1. The van der Waals surface area contributed by atoms with Crippen LogP contribution in [0.5, 0.6) is 0 Å². The lowest BCUT2D eigenvalue weighted by molar-refractivity contribution is -0.138. The molecule has 0 bridgehead atoms. The number of aryl methyl sites for hydroxylation is 2. The van der Waals surface area contributed by atoms with Crippen molar-refractivity contribution in [2.24, 2.45) is 5.41 Å². The van der Waals surface area contributed by atoms with E-state index in [1.807, 2.05) is 62.4 Å². The van der Waals surface area contributed by atoms with Gasteiger partial charge in [-0.3, -0.25) is 4.79 Å². The van der Waals surface area contributed by atoms with Gasteiger partial charge in [-0.2, -0.15) is 12.6 Å². The third-order valence-corrected chi connectivity index (χ3v) is 8.39. The number of thiol groups is 1. The third kappa shape index (κ3) is 9.19. The maximum atomic E-state index is 10.4. The maximum Gasteiger partial charge on any atom is 0.303 e. The van der Waals surface area contributed by atoms with E-state index in [2.05, 4.69) is 55.1 Å². The summed E-state index contributed by atoms with van der Waals surface area (Å²) >= 11 is 10.2. The molecule has 1 aliphatic rings. The number of carboxylic acid groups (broad SMARTS) is 1. The number of aliphatic hydroxyl groups is 1. The van der Waals surface area contributed by atoms with Crippen LogP contribution in [0.25, 0.3) is 23.1 Å². The van der Waals surface area contributed by atoms with Gasteiger partial charge in [-0.1, -0.05) is 78.3 Å². The molecule has 6 heteroatoms. The normalized spacial score (nSPS) is 14.1. The maximum absolute atomic E-state index is 10.4. The molecule has 41 heavy (non-hydrogen) atoms. The smallest absolute Gasteiger partial charge is 0.303 e. The lowest BCUT2D eigenvalue weighted by atomic mass is 9.90. The molecule has 1 fully saturated rings. The zero-order valence-corrected chi connectivity index (χ0v) is 25.3. The van der Waals surface area contributed by atoms with Crippen molar-refractivity contribution in [2.75, 3.05) is 5.75 Å². The Hall–Kier alpha value is -3.12. The first-order valence-corrected chi connectivity index (χ1v) is 15.0. The molecule has 3 aromatic carbocycles. The van der Waals surface area contributed by atoms with Crippen LogP contribution in [0.15, 0.2) is 78.9 Å². The van der Waals surface area contributed by atoms with Crippen molar-refractivity contribution in [2.45, 2.75) is 58.0 Å². The minimum atomic E-state index is -0.816. The lowest BCUT2D eigenvalue weighted by Gasteiger charge is -2.21. The van der Waals surface area contributed by atoms with Crippen LogP contribution in [0.2, 0.25) is 5.02 Å². The standard InChI is InChI=1S/C29H28ClNO.C6H10O2S/c1-29(2,32)27-12-4-3-10-23(27)11-6-9-21-7-5-8-22(19-21)13-17-26-18-15-24-14-16-25(30)20-28(24)31-26;7-5(8)3-6(4-9)1-2-6/h3-5,7-8,10,12-20,32H,6,9,11H2,1-2H3;9H,1-4H2,(H,7,8)/b17-13-;. The Morgan fingerprint density at radius 1 is 1.00 bits per heavy atom. The Kier molecular flexibility index (Phi) is 10.3. The fourth-order valence-electron chi connectivity index (χ4n) is 4.94. The number of hydrogen-bond donors (Lipinski definition) is 3. The Bertz CT molecular complexity index is 1520. The molecule has 0 unspecified atom stereocenters. The second-order valence-corrected chi connectivity index (χ2v) is 12.2. The van der Waals surface area contributed by atoms with Crippen LogP contribution >= 0.6 is 24.2 Å². The fourth-order valence-corrected chi connectivity index (χ4v) is 5.53. The van der Waals surface area contributed by atoms with Crippen molar-refractivity contribution in [1.82, 2.24) is 4.98 Å². The highest BCUT2D eigenvalue weighted by Crippen LogP contribution is 2.49. The number of aromatic nitrogens is 1. The van der Waals surface area contributed by atoms with Gasteiger partial charge in [0.05, 0.1) is 23.2 Å². The topological polar surface area (TPSA) is 70.4 Å². The van der Waals surface area contributed by atoms with Crippen LogP contribution in [-0.2, 0) is 23.2 Å². The van der Waals surface area contributed by atoms with Crippen molar-refractivity contribution >= 4 is 53.3 Å². The number of pyridine rings is 1. The highest BCUT2D eigenvalue weighted by Gasteiger charge is 2.42. The van der Waals surface area contributed by atoms with E-state index in [1.54, 1.807) is 0 Å². The van der Waals surface area contributed by atoms with Crippen LogP contribution in [0.4, 0.5) is 0 Å². The molecule has 2 N–H and O–H groups in total. The molecular weight excluding hydrogens is 550 g/mol. The highest BCUT2D eigenvalue weighted by molar-refractivity contribution is 7.80. The van der Waals surface area contributed by atoms with Gasteiger partial charge >= 0.3 is 5.97 Å². The van der Waals surface area contributed by atoms with E-state index in [1.165, 1.54) is 11.1 Å². The van der Waals surface area contributed by atoms with Gasteiger partial charge in [-0.15, -0.1) is 0 Å². The number of aliphatic carboxylic acids is 1. The number of hydrogen-bond acceptors (Lipinski definition) is 4. The number of rotatable bonds is 10. The van der Waals surface area contributed by atoms with E-state index in [4.69, 9.17) is 21.7 Å². The summed E-state index contributed by atoms with van der Waals surface area (Å²) in [6, 6.07) is 26.7. The van der Waals surface area contributed by atoms with Crippen LogP contribution in [0, 0.1) is 5.41 Å². The van der Waals surface area contributed by atoms with Crippen molar-refractivity contribution in [1.29, 1.82) is 0 Å². The summed E-state index contributed by atoms with van der Waals surface area (Å²) in [5, 5.41) is 20.6. The molecular formula is C35H38ClNO3S. The second kappa shape index (κ2) is 13.7. The van der Waals surface area contributed by atoms with Crippen molar-refractivity contribution in [3.8, 4) is 0 Å². The summed E-state index contributed by atoms with van der Waals surface area (Å²) in [5.41, 5.74) is 5.78. The molecule has 0 radical (unpaired) electrons. The number of halogens is 1. The monoisotopic (exact) mass is 587 g/mol. The third-order valence-electron chi connectivity index (χ3n) is 7.48. The molecule has 4 aromatic rings. The van der Waals surface area contributed by atoms with Gasteiger partial charge in [-0.25, -0.2) is 4.98 Å². The molecule has 0 atom stereocenters. The average Bonchev–Trinajstić information content (AvgIpc) is 3.71. The molecule has 0 spiro atoms. The summed E-state index contributed by atoms with van der Waals surface area (Å²) in [4.78, 5) is 14.9. The van der Waals surface area contributed by atoms with Gasteiger partial charge in [0.2, 0.25) is 0 Å². The van der Waals surface area contributed by atoms with Gasteiger partial charge in [0.1, 0.15) is 0 Å². The molecule has 1 heterocycles. The molecule has 4 nitrogen and oxygen atoms in total. The van der Waals surface area contributed by atoms with E-state index in [-0.39, 0.29) is 5.41 Å². The lowest BCUT2D eigenvalue weighted by Crippen LogP contribution is -2.18. The van der Waals surface area contributed by atoms with Gasteiger partial charge in [0.25, 0.3) is 0 Å². The van der Waals surface area contributed by atoms with Gasteiger partial charge in [0, 0.05) is 10.4 Å². The summed E-state index contributed by atoms with van der Waals surface area (Å²) < 4.78 is 0. The molecule has 1 aromatic heterocycles. The first kappa shape index (κ1) is 30.8. The number of carbonyl (C=O) groups is 1. The number of benzene rings is 3. The molecule has 0 amide bonds. The van der Waals surface area contributed by atoms with Crippen LogP contribution in [0.1, 0.15) is 67.5 Å². The quantitative estimate of drug-likeness (QED) is 0.162. The van der Waals surface area contributed by atoms with E-state index < -0.39 is 11.6 Å². The fraction of sp³-hybridized carbons (Fsp3) is 0.314. The Balaban J connectivity index is 0.000000367. The van der Waals surface area contributed by atoms with Gasteiger partial charge in [-0.05, 0) is 104 Å². The van der Waals surface area contributed by atoms with E-state index in [0.29, 0.717) is 11.4 Å². The zero-order chi connectivity index (χ0) is 29.5. The number of nitrogens with zero attached hydrogens (tertiary/aromatic N) is 1. The minimum absolute atomic E-state index is 0.0783. The van der Waals surface area contributed by atoms with Crippen LogP contribution in [-0.4, -0.2) is 26.9 Å². The minimum Gasteiger partial charge on any atom is -0.481 e. The Morgan fingerprint density at radius 3 is 2.44 bits per heavy atom. The predicted molar refractivity (Wildman–Crippen MR) is 174 cm³/mol. The van der Waals surface area contributed by atoms with Crippen molar-refractivity contribution in [3.05, 3.63) is 112 Å². The van der Waals surface area contributed by atoms with Crippen molar-refractivity contribution in [3.63, 3.8) is 0 Å². The Labute approximate surface area is 253 Å². The number of carboxylic acids is 1. The summed E-state index contributed by atoms with van der Waals surface area (Å²) in [7, 11) is 0. The molecule has 1 saturated carbocycles. The first-order chi connectivity index (χ1) is 19.6. The largest absolute Gasteiger partial charge is 0.481 e. The SMILES string of the molecule is CC(C)(O)c1ccccc1CCCc1cccc(/C=C\c2ccc3ccc(Cl)cc3n2)c1.O=C(O)CC1(CS)CC1. The molecule has 0 aliphatic heterocycles.